The molecule has 0 aromatic heterocycles. The van der Waals surface area contributed by atoms with Crippen LogP contribution >= 0.6 is 0 Å². The number of hydrogen-bond donors (Lipinski definition) is 0. The van der Waals surface area contributed by atoms with Gasteiger partial charge in [0.2, 0.25) is 0 Å². The second kappa shape index (κ2) is 6.87. The second-order valence-corrected chi connectivity index (χ2v) is 4.05. The van der Waals surface area contributed by atoms with Crippen LogP contribution in [-0.4, -0.2) is 13.2 Å². The van der Waals surface area contributed by atoms with Crippen molar-refractivity contribution in [1.29, 1.82) is 0 Å². The SMILES string of the molecule is C1CCOC1.c1ccc(-c2ccccc2)cc1. The van der Waals surface area contributed by atoms with Gasteiger partial charge in [-0.2, -0.15) is 0 Å². The molecule has 2 aromatic rings. The lowest BCUT2D eigenvalue weighted by atomic mass is 10.1. The highest BCUT2D eigenvalue weighted by Crippen LogP contribution is 2.17. The molecule has 0 amide bonds. The zero-order chi connectivity index (χ0) is 11.8. The van der Waals surface area contributed by atoms with Crippen LogP contribution in [0.25, 0.3) is 11.1 Å². The molecule has 1 heterocycles. The lowest BCUT2D eigenvalue weighted by Crippen LogP contribution is -1.74. The standard InChI is InChI=1S/C12H10.C4H8O/c1-3-7-11(8-4-1)12-9-5-2-6-10-12;1-2-4-5-3-1/h1-10H;1-4H2. The molecule has 0 N–H and O–H groups in total. The van der Waals surface area contributed by atoms with Crippen molar-refractivity contribution in [2.45, 2.75) is 12.8 Å². The second-order valence-electron chi connectivity index (χ2n) is 4.05. The average Bonchev–Trinajstić information content (AvgIpc) is 3.00. The summed E-state index contributed by atoms with van der Waals surface area (Å²) < 4.78 is 4.94. The fourth-order valence-corrected chi connectivity index (χ4v) is 1.77. The molecule has 0 spiro atoms. The molecular formula is C16H18O. The van der Waals surface area contributed by atoms with Crippen LogP contribution < -0.4 is 0 Å². The third-order valence-corrected chi connectivity index (χ3v) is 2.71. The van der Waals surface area contributed by atoms with Gasteiger partial charge in [0.05, 0.1) is 0 Å². The topological polar surface area (TPSA) is 9.23 Å². The Labute approximate surface area is 103 Å². The van der Waals surface area contributed by atoms with Crippen molar-refractivity contribution in [3.63, 3.8) is 0 Å². The van der Waals surface area contributed by atoms with Crippen molar-refractivity contribution in [2.24, 2.45) is 0 Å². The van der Waals surface area contributed by atoms with E-state index in [9.17, 15) is 0 Å². The fraction of sp³-hybridized carbons (Fsp3) is 0.250. The summed E-state index contributed by atoms with van der Waals surface area (Å²) in [6.45, 7) is 2.00. The molecule has 0 saturated carbocycles. The first-order valence-corrected chi connectivity index (χ1v) is 6.15. The van der Waals surface area contributed by atoms with Crippen LogP contribution in [0, 0.1) is 0 Å². The smallest absolute Gasteiger partial charge is 0.0466 e. The van der Waals surface area contributed by atoms with Crippen LogP contribution in [0.1, 0.15) is 12.8 Å². The molecule has 2 aromatic carbocycles. The van der Waals surface area contributed by atoms with E-state index in [4.69, 9.17) is 4.74 Å². The van der Waals surface area contributed by atoms with Crippen LogP contribution in [-0.2, 0) is 4.74 Å². The summed E-state index contributed by atoms with van der Waals surface area (Å²) in [5, 5.41) is 0. The van der Waals surface area contributed by atoms with Crippen LogP contribution in [0.5, 0.6) is 0 Å². The summed E-state index contributed by atoms with van der Waals surface area (Å²) in [5.41, 5.74) is 2.55. The Morgan fingerprint density at radius 3 is 1.29 bits per heavy atom. The molecular weight excluding hydrogens is 208 g/mol. The molecule has 0 radical (unpaired) electrons. The van der Waals surface area contributed by atoms with E-state index in [1.54, 1.807) is 0 Å². The molecule has 1 heteroatoms. The van der Waals surface area contributed by atoms with Crippen molar-refractivity contribution in [1.82, 2.24) is 0 Å². The molecule has 17 heavy (non-hydrogen) atoms. The Hall–Kier alpha value is -1.60. The van der Waals surface area contributed by atoms with Crippen molar-refractivity contribution in [3.05, 3.63) is 60.7 Å². The van der Waals surface area contributed by atoms with Crippen LogP contribution in [0.15, 0.2) is 60.7 Å². The molecule has 0 unspecified atom stereocenters. The normalized spacial score (nSPS) is 13.9. The number of rotatable bonds is 1. The van der Waals surface area contributed by atoms with Gasteiger partial charge in [0, 0.05) is 13.2 Å². The van der Waals surface area contributed by atoms with Gasteiger partial charge in [0.25, 0.3) is 0 Å². The third-order valence-electron chi connectivity index (χ3n) is 2.71. The van der Waals surface area contributed by atoms with E-state index in [0.29, 0.717) is 0 Å². The van der Waals surface area contributed by atoms with Crippen molar-refractivity contribution in [3.8, 4) is 11.1 Å². The molecule has 1 nitrogen and oxygen atoms in total. The summed E-state index contributed by atoms with van der Waals surface area (Å²) in [7, 11) is 0. The lowest BCUT2D eigenvalue weighted by molar-refractivity contribution is 0.198. The Kier molecular flexibility index (Phi) is 4.80. The summed E-state index contributed by atoms with van der Waals surface area (Å²) in [6.07, 6.45) is 2.56. The van der Waals surface area contributed by atoms with E-state index >= 15 is 0 Å². The van der Waals surface area contributed by atoms with Gasteiger partial charge in [-0.3, -0.25) is 0 Å². The zero-order valence-corrected chi connectivity index (χ0v) is 10.0. The first-order valence-electron chi connectivity index (χ1n) is 6.15. The molecule has 1 aliphatic rings. The number of hydrogen-bond acceptors (Lipinski definition) is 1. The number of ether oxygens (including phenoxy) is 1. The minimum Gasteiger partial charge on any atom is -0.381 e. The van der Waals surface area contributed by atoms with Crippen molar-refractivity contribution < 1.29 is 4.74 Å². The van der Waals surface area contributed by atoms with E-state index in [1.165, 1.54) is 24.0 Å². The highest BCUT2D eigenvalue weighted by molar-refractivity contribution is 5.62. The van der Waals surface area contributed by atoms with Gasteiger partial charge in [-0.1, -0.05) is 60.7 Å². The zero-order valence-electron chi connectivity index (χ0n) is 10.0. The molecule has 88 valence electrons. The van der Waals surface area contributed by atoms with Gasteiger partial charge < -0.3 is 4.74 Å². The molecule has 0 atom stereocenters. The largest absolute Gasteiger partial charge is 0.381 e. The van der Waals surface area contributed by atoms with Gasteiger partial charge in [-0.25, -0.2) is 0 Å². The molecule has 0 aliphatic carbocycles. The summed E-state index contributed by atoms with van der Waals surface area (Å²) in [6, 6.07) is 20.8. The van der Waals surface area contributed by atoms with Gasteiger partial charge in [0.15, 0.2) is 0 Å². The molecule has 0 bridgehead atoms. The maximum atomic E-state index is 4.94. The Morgan fingerprint density at radius 2 is 1.00 bits per heavy atom. The minimum absolute atomic E-state index is 1.00. The van der Waals surface area contributed by atoms with E-state index in [0.717, 1.165) is 13.2 Å². The third kappa shape index (κ3) is 4.04. The predicted octanol–water partition coefficient (Wildman–Crippen LogP) is 4.15. The van der Waals surface area contributed by atoms with E-state index in [2.05, 4.69) is 48.5 Å². The van der Waals surface area contributed by atoms with Gasteiger partial charge in [-0.15, -0.1) is 0 Å². The van der Waals surface area contributed by atoms with Crippen LogP contribution in [0.3, 0.4) is 0 Å². The monoisotopic (exact) mass is 226 g/mol. The van der Waals surface area contributed by atoms with Crippen LogP contribution in [0.4, 0.5) is 0 Å². The molecule has 1 saturated heterocycles. The predicted molar refractivity (Wildman–Crippen MR) is 71.9 cm³/mol. The molecule has 3 rings (SSSR count). The molecule has 1 aliphatic heterocycles. The highest BCUT2D eigenvalue weighted by atomic mass is 16.5. The Morgan fingerprint density at radius 1 is 0.588 bits per heavy atom. The maximum absolute atomic E-state index is 4.94. The van der Waals surface area contributed by atoms with Crippen molar-refractivity contribution in [2.75, 3.05) is 13.2 Å². The maximum Gasteiger partial charge on any atom is 0.0466 e. The Balaban J connectivity index is 0.000000181. The first-order chi connectivity index (χ1) is 8.47. The quantitative estimate of drug-likeness (QED) is 0.709. The average molecular weight is 226 g/mol. The fourth-order valence-electron chi connectivity index (χ4n) is 1.77. The first kappa shape index (κ1) is 11.9. The van der Waals surface area contributed by atoms with Gasteiger partial charge in [0.1, 0.15) is 0 Å². The summed E-state index contributed by atoms with van der Waals surface area (Å²) in [4.78, 5) is 0. The highest BCUT2D eigenvalue weighted by Gasteiger charge is 1.94. The van der Waals surface area contributed by atoms with Gasteiger partial charge in [-0.05, 0) is 24.0 Å². The van der Waals surface area contributed by atoms with Crippen LogP contribution in [0.2, 0.25) is 0 Å². The van der Waals surface area contributed by atoms with E-state index in [1.807, 2.05) is 12.1 Å². The Bertz CT molecular complexity index is 359. The molecule has 1 fully saturated rings. The lowest BCUT2D eigenvalue weighted by Gasteiger charge is -1.98. The minimum atomic E-state index is 1.00. The van der Waals surface area contributed by atoms with E-state index < -0.39 is 0 Å². The number of benzene rings is 2. The van der Waals surface area contributed by atoms with Gasteiger partial charge >= 0.3 is 0 Å². The summed E-state index contributed by atoms with van der Waals surface area (Å²) in [5.74, 6) is 0. The van der Waals surface area contributed by atoms with E-state index in [-0.39, 0.29) is 0 Å². The summed E-state index contributed by atoms with van der Waals surface area (Å²) >= 11 is 0. The van der Waals surface area contributed by atoms with Crippen molar-refractivity contribution >= 4 is 0 Å².